The molecule has 0 aromatic heterocycles. The molecule has 1 fully saturated rings. The SMILES string of the molecule is CC1(C)C(=O)Nc2ccc(CNC(=O)C3CCC(=O)N3)cc21. The molecule has 1 aromatic rings. The number of fused-ring (bicyclic) bond motifs is 1. The highest BCUT2D eigenvalue weighted by Crippen LogP contribution is 2.37. The van der Waals surface area contributed by atoms with E-state index in [4.69, 9.17) is 0 Å². The molecule has 116 valence electrons. The lowest BCUT2D eigenvalue weighted by Crippen LogP contribution is -2.41. The number of carbonyl (C=O) groups excluding carboxylic acids is 3. The summed E-state index contributed by atoms with van der Waals surface area (Å²) in [6, 6.07) is 5.26. The predicted molar refractivity (Wildman–Crippen MR) is 81.1 cm³/mol. The van der Waals surface area contributed by atoms with Crippen LogP contribution in [0.2, 0.25) is 0 Å². The maximum Gasteiger partial charge on any atom is 0.242 e. The normalized spacial score (nSPS) is 22.0. The van der Waals surface area contributed by atoms with E-state index in [1.54, 1.807) is 0 Å². The first-order valence-corrected chi connectivity index (χ1v) is 7.40. The lowest BCUT2D eigenvalue weighted by Gasteiger charge is -2.16. The zero-order chi connectivity index (χ0) is 15.9. The summed E-state index contributed by atoms with van der Waals surface area (Å²) >= 11 is 0. The molecule has 1 unspecified atom stereocenters. The Morgan fingerprint density at radius 3 is 2.82 bits per heavy atom. The largest absolute Gasteiger partial charge is 0.350 e. The average Bonchev–Trinajstić information content (AvgIpc) is 3.00. The maximum atomic E-state index is 12.0. The molecule has 2 heterocycles. The number of amides is 3. The van der Waals surface area contributed by atoms with Crippen molar-refractivity contribution in [2.45, 2.75) is 44.7 Å². The van der Waals surface area contributed by atoms with E-state index in [0.29, 0.717) is 19.4 Å². The summed E-state index contributed by atoms with van der Waals surface area (Å²) in [6.07, 6.45) is 0.944. The highest BCUT2D eigenvalue weighted by molar-refractivity contribution is 6.05. The van der Waals surface area contributed by atoms with Gasteiger partial charge in [0, 0.05) is 18.7 Å². The minimum Gasteiger partial charge on any atom is -0.350 e. The van der Waals surface area contributed by atoms with Gasteiger partial charge in [-0.05, 0) is 37.5 Å². The molecule has 3 rings (SSSR count). The lowest BCUT2D eigenvalue weighted by molar-refractivity contribution is -0.125. The topological polar surface area (TPSA) is 87.3 Å². The number of hydrogen-bond donors (Lipinski definition) is 3. The number of rotatable bonds is 3. The van der Waals surface area contributed by atoms with E-state index in [-0.39, 0.29) is 17.7 Å². The average molecular weight is 301 g/mol. The van der Waals surface area contributed by atoms with E-state index in [9.17, 15) is 14.4 Å². The summed E-state index contributed by atoms with van der Waals surface area (Å²) in [5.74, 6) is -0.263. The van der Waals surface area contributed by atoms with Crippen LogP contribution in [0.25, 0.3) is 0 Å². The Labute approximate surface area is 128 Å². The van der Waals surface area contributed by atoms with Crippen LogP contribution in [-0.2, 0) is 26.3 Å². The monoisotopic (exact) mass is 301 g/mol. The van der Waals surface area contributed by atoms with E-state index in [0.717, 1.165) is 16.8 Å². The van der Waals surface area contributed by atoms with Crippen molar-refractivity contribution < 1.29 is 14.4 Å². The highest BCUT2D eigenvalue weighted by atomic mass is 16.2. The van der Waals surface area contributed by atoms with Crippen LogP contribution in [0.15, 0.2) is 18.2 Å². The zero-order valence-corrected chi connectivity index (χ0v) is 12.7. The Hall–Kier alpha value is -2.37. The van der Waals surface area contributed by atoms with Crippen LogP contribution in [0, 0.1) is 0 Å². The van der Waals surface area contributed by atoms with Crippen molar-refractivity contribution in [1.82, 2.24) is 10.6 Å². The first-order chi connectivity index (χ1) is 10.4. The summed E-state index contributed by atoms with van der Waals surface area (Å²) in [5, 5.41) is 8.33. The molecule has 3 N–H and O–H groups in total. The summed E-state index contributed by atoms with van der Waals surface area (Å²) in [4.78, 5) is 35.0. The minimum atomic E-state index is -0.561. The molecule has 6 nitrogen and oxygen atoms in total. The van der Waals surface area contributed by atoms with Gasteiger partial charge in [0.15, 0.2) is 0 Å². The van der Waals surface area contributed by atoms with Gasteiger partial charge < -0.3 is 16.0 Å². The van der Waals surface area contributed by atoms with Crippen molar-refractivity contribution in [2.75, 3.05) is 5.32 Å². The second-order valence-electron chi connectivity index (χ2n) is 6.34. The summed E-state index contributed by atoms with van der Waals surface area (Å²) in [5.41, 5.74) is 2.14. The van der Waals surface area contributed by atoms with Crippen LogP contribution in [0.4, 0.5) is 5.69 Å². The summed E-state index contributed by atoms with van der Waals surface area (Å²) in [7, 11) is 0. The Bertz CT molecular complexity index is 667. The molecule has 2 aliphatic rings. The molecular formula is C16H19N3O3. The van der Waals surface area contributed by atoms with E-state index >= 15 is 0 Å². The van der Waals surface area contributed by atoms with E-state index < -0.39 is 11.5 Å². The third kappa shape index (κ3) is 2.45. The van der Waals surface area contributed by atoms with Crippen molar-refractivity contribution >= 4 is 23.4 Å². The number of hydrogen-bond acceptors (Lipinski definition) is 3. The molecule has 0 spiro atoms. The Morgan fingerprint density at radius 2 is 2.14 bits per heavy atom. The van der Waals surface area contributed by atoms with Gasteiger partial charge in [0.05, 0.1) is 5.41 Å². The van der Waals surface area contributed by atoms with Gasteiger partial charge in [-0.1, -0.05) is 12.1 Å². The fourth-order valence-electron chi connectivity index (χ4n) is 2.85. The van der Waals surface area contributed by atoms with Gasteiger partial charge in [0.25, 0.3) is 0 Å². The van der Waals surface area contributed by atoms with Gasteiger partial charge in [0.1, 0.15) is 6.04 Å². The van der Waals surface area contributed by atoms with E-state index in [1.807, 2.05) is 32.0 Å². The van der Waals surface area contributed by atoms with Crippen LogP contribution in [0.3, 0.4) is 0 Å². The molecular weight excluding hydrogens is 282 g/mol. The Morgan fingerprint density at radius 1 is 1.36 bits per heavy atom. The number of nitrogens with one attached hydrogen (secondary N) is 3. The molecule has 0 aliphatic carbocycles. The molecule has 0 saturated carbocycles. The fraction of sp³-hybridized carbons (Fsp3) is 0.438. The summed E-state index contributed by atoms with van der Waals surface area (Å²) < 4.78 is 0. The molecule has 2 aliphatic heterocycles. The van der Waals surface area contributed by atoms with Gasteiger partial charge in [0.2, 0.25) is 17.7 Å². The standard InChI is InChI=1S/C16H19N3O3/c1-16(2)10-7-9(3-4-11(10)19-15(16)22)8-17-14(21)12-5-6-13(20)18-12/h3-4,7,12H,5-6,8H2,1-2H3,(H,17,21)(H,18,20)(H,19,22). The van der Waals surface area contributed by atoms with Gasteiger partial charge in [-0.2, -0.15) is 0 Å². The molecule has 0 bridgehead atoms. The number of carbonyl (C=O) groups is 3. The Kier molecular flexibility index (Phi) is 3.39. The number of benzene rings is 1. The highest BCUT2D eigenvalue weighted by Gasteiger charge is 2.38. The molecule has 22 heavy (non-hydrogen) atoms. The molecule has 1 saturated heterocycles. The molecule has 6 heteroatoms. The lowest BCUT2D eigenvalue weighted by atomic mass is 9.85. The van der Waals surface area contributed by atoms with E-state index in [1.165, 1.54) is 0 Å². The molecule has 1 atom stereocenters. The first-order valence-electron chi connectivity index (χ1n) is 7.40. The number of anilines is 1. The van der Waals surface area contributed by atoms with Crippen LogP contribution in [0.5, 0.6) is 0 Å². The van der Waals surface area contributed by atoms with Gasteiger partial charge in [-0.3, -0.25) is 14.4 Å². The van der Waals surface area contributed by atoms with E-state index in [2.05, 4.69) is 16.0 Å². The first kappa shape index (κ1) is 14.6. The van der Waals surface area contributed by atoms with Crippen LogP contribution >= 0.6 is 0 Å². The molecule has 1 aromatic carbocycles. The van der Waals surface area contributed by atoms with Crippen molar-refractivity contribution in [3.8, 4) is 0 Å². The second kappa shape index (κ2) is 5.12. The van der Waals surface area contributed by atoms with Crippen molar-refractivity contribution in [1.29, 1.82) is 0 Å². The van der Waals surface area contributed by atoms with Crippen molar-refractivity contribution in [2.24, 2.45) is 0 Å². The third-order valence-corrected chi connectivity index (χ3v) is 4.35. The molecule has 3 amide bonds. The maximum absolute atomic E-state index is 12.0. The fourth-order valence-corrected chi connectivity index (χ4v) is 2.85. The predicted octanol–water partition coefficient (Wildman–Crippen LogP) is 0.811. The minimum absolute atomic E-state index is 0.0163. The Balaban J connectivity index is 1.67. The van der Waals surface area contributed by atoms with Crippen molar-refractivity contribution in [3.05, 3.63) is 29.3 Å². The van der Waals surface area contributed by atoms with Crippen LogP contribution in [0.1, 0.15) is 37.8 Å². The molecule has 0 radical (unpaired) electrons. The van der Waals surface area contributed by atoms with Gasteiger partial charge >= 0.3 is 0 Å². The summed E-state index contributed by atoms with van der Waals surface area (Å²) in [6.45, 7) is 4.14. The van der Waals surface area contributed by atoms with Gasteiger partial charge in [-0.25, -0.2) is 0 Å². The second-order valence-corrected chi connectivity index (χ2v) is 6.34. The van der Waals surface area contributed by atoms with Gasteiger partial charge in [-0.15, -0.1) is 0 Å². The van der Waals surface area contributed by atoms with Crippen LogP contribution < -0.4 is 16.0 Å². The quantitative estimate of drug-likeness (QED) is 0.772. The third-order valence-electron chi connectivity index (χ3n) is 4.35. The van der Waals surface area contributed by atoms with Crippen molar-refractivity contribution in [3.63, 3.8) is 0 Å². The smallest absolute Gasteiger partial charge is 0.242 e. The van der Waals surface area contributed by atoms with Crippen LogP contribution in [-0.4, -0.2) is 23.8 Å². The zero-order valence-electron chi connectivity index (χ0n) is 12.7.